The van der Waals surface area contributed by atoms with E-state index in [4.69, 9.17) is 5.73 Å². The van der Waals surface area contributed by atoms with Crippen molar-refractivity contribution in [3.63, 3.8) is 0 Å². The molecule has 1 saturated heterocycles. The first-order chi connectivity index (χ1) is 14.5. The summed E-state index contributed by atoms with van der Waals surface area (Å²) in [5.74, 6) is 0.248. The SMILES string of the molecule is CC1CCN(C(=O)C(CCc2cccc(C(N)=O)c2)c2cccc3[nH]ccc23)CC1. The highest BCUT2D eigenvalue weighted by Crippen LogP contribution is 2.32. The van der Waals surface area contributed by atoms with Crippen molar-refractivity contribution in [2.75, 3.05) is 13.1 Å². The Balaban J connectivity index is 1.62. The number of aromatic nitrogens is 1. The first-order valence-corrected chi connectivity index (χ1v) is 10.8. The minimum atomic E-state index is -0.427. The van der Waals surface area contributed by atoms with E-state index in [9.17, 15) is 9.59 Å². The van der Waals surface area contributed by atoms with Gasteiger partial charge in [0.15, 0.2) is 0 Å². The number of fused-ring (bicyclic) bond motifs is 1. The highest BCUT2D eigenvalue weighted by Gasteiger charge is 2.29. The molecule has 4 rings (SSSR count). The smallest absolute Gasteiger partial charge is 0.248 e. The van der Waals surface area contributed by atoms with Gasteiger partial charge in [0.1, 0.15) is 0 Å². The van der Waals surface area contributed by atoms with Crippen LogP contribution in [0.5, 0.6) is 0 Å². The summed E-state index contributed by atoms with van der Waals surface area (Å²) in [6.45, 7) is 3.92. The summed E-state index contributed by atoms with van der Waals surface area (Å²) in [4.78, 5) is 30.4. The highest BCUT2D eigenvalue weighted by atomic mass is 16.2. The number of amides is 2. The number of aryl methyl sites for hydroxylation is 1. The maximum atomic E-state index is 13.6. The van der Waals surface area contributed by atoms with Crippen LogP contribution in [0.1, 0.15) is 53.6 Å². The van der Waals surface area contributed by atoms with Crippen LogP contribution in [0.3, 0.4) is 0 Å². The Kier molecular flexibility index (Phi) is 5.88. The van der Waals surface area contributed by atoms with E-state index >= 15 is 0 Å². The number of benzene rings is 2. The van der Waals surface area contributed by atoms with Gasteiger partial charge in [-0.05, 0) is 67.0 Å². The standard InChI is InChI=1S/C25H29N3O2/c1-17-11-14-28(15-12-17)25(30)22(20-6-3-7-23-21(20)10-13-27-23)9-8-18-4-2-5-19(16-18)24(26)29/h2-7,10,13,16-17,22,27H,8-9,11-12,14-15H2,1H3,(H2,26,29). The summed E-state index contributed by atoms with van der Waals surface area (Å²) in [6.07, 6.45) is 5.45. The summed E-state index contributed by atoms with van der Waals surface area (Å²) < 4.78 is 0. The van der Waals surface area contributed by atoms with Crippen LogP contribution in [0.25, 0.3) is 10.9 Å². The number of carbonyl (C=O) groups excluding carboxylic acids is 2. The zero-order valence-corrected chi connectivity index (χ0v) is 17.4. The molecule has 0 spiro atoms. The fourth-order valence-electron chi connectivity index (χ4n) is 4.47. The average Bonchev–Trinajstić information content (AvgIpc) is 3.24. The van der Waals surface area contributed by atoms with Gasteiger partial charge >= 0.3 is 0 Å². The molecule has 1 aliphatic rings. The zero-order valence-electron chi connectivity index (χ0n) is 17.4. The molecule has 2 aromatic carbocycles. The second kappa shape index (κ2) is 8.74. The predicted octanol–water partition coefficient (Wildman–Crippen LogP) is 4.24. The monoisotopic (exact) mass is 403 g/mol. The number of primary amides is 1. The zero-order chi connectivity index (χ0) is 21.1. The molecule has 1 unspecified atom stereocenters. The van der Waals surface area contributed by atoms with Crippen molar-refractivity contribution in [3.05, 3.63) is 71.4 Å². The lowest BCUT2D eigenvalue weighted by Crippen LogP contribution is -2.40. The number of nitrogens with two attached hydrogens (primary N) is 1. The number of carbonyl (C=O) groups is 2. The van der Waals surface area contributed by atoms with Crippen molar-refractivity contribution in [3.8, 4) is 0 Å². The van der Waals surface area contributed by atoms with Gasteiger partial charge in [-0.2, -0.15) is 0 Å². The molecule has 3 N–H and O–H groups in total. The first kappa shape index (κ1) is 20.2. The number of rotatable bonds is 6. The Bertz CT molecular complexity index is 1050. The predicted molar refractivity (Wildman–Crippen MR) is 119 cm³/mol. The van der Waals surface area contributed by atoms with E-state index in [1.165, 1.54) is 0 Å². The van der Waals surface area contributed by atoms with Gasteiger partial charge in [0.25, 0.3) is 0 Å². The normalized spacial score (nSPS) is 16.0. The quantitative estimate of drug-likeness (QED) is 0.646. The van der Waals surface area contributed by atoms with E-state index in [0.717, 1.165) is 48.0 Å². The molecule has 2 heterocycles. The van der Waals surface area contributed by atoms with Crippen LogP contribution >= 0.6 is 0 Å². The van der Waals surface area contributed by atoms with Crippen LogP contribution in [0.4, 0.5) is 0 Å². The molecular formula is C25H29N3O2. The lowest BCUT2D eigenvalue weighted by Gasteiger charge is -2.33. The number of nitrogens with zero attached hydrogens (tertiary/aromatic N) is 1. The van der Waals surface area contributed by atoms with Gasteiger partial charge in [-0.3, -0.25) is 9.59 Å². The first-order valence-electron chi connectivity index (χ1n) is 10.8. The summed E-state index contributed by atoms with van der Waals surface area (Å²) in [7, 11) is 0. The van der Waals surface area contributed by atoms with E-state index in [0.29, 0.717) is 24.3 Å². The number of hydrogen-bond acceptors (Lipinski definition) is 2. The second-order valence-corrected chi connectivity index (χ2v) is 8.45. The van der Waals surface area contributed by atoms with E-state index < -0.39 is 5.91 Å². The topological polar surface area (TPSA) is 79.2 Å². The molecule has 1 aromatic heterocycles. The van der Waals surface area contributed by atoms with Crippen molar-refractivity contribution in [1.29, 1.82) is 0 Å². The third kappa shape index (κ3) is 4.25. The molecule has 0 radical (unpaired) electrons. The molecule has 5 heteroatoms. The largest absolute Gasteiger partial charge is 0.366 e. The molecule has 1 aliphatic heterocycles. The van der Waals surface area contributed by atoms with Gasteiger partial charge < -0.3 is 15.6 Å². The van der Waals surface area contributed by atoms with Crippen molar-refractivity contribution in [1.82, 2.24) is 9.88 Å². The molecule has 2 amide bonds. The minimum Gasteiger partial charge on any atom is -0.366 e. The van der Waals surface area contributed by atoms with Gasteiger partial charge in [0, 0.05) is 35.8 Å². The lowest BCUT2D eigenvalue weighted by molar-refractivity contribution is -0.134. The van der Waals surface area contributed by atoms with Crippen molar-refractivity contribution in [2.45, 2.75) is 38.5 Å². The summed E-state index contributed by atoms with van der Waals surface area (Å²) in [5.41, 5.74) is 9.09. The fraction of sp³-hybridized carbons (Fsp3) is 0.360. The Morgan fingerprint density at radius 1 is 1.13 bits per heavy atom. The van der Waals surface area contributed by atoms with Crippen molar-refractivity contribution >= 4 is 22.7 Å². The molecule has 0 saturated carbocycles. The Morgan fingerprint density at radius 2 is 1.90 bits per heavy atom. The second-order valence-electron chi connectivity index (χ2n) is 8.45. The van der Waals surface area contributed by atoms with Gasteiger partial charge in [0.05, 0.1) is 5.92 Å². The summed E-state index contributed by atoms with van der Waals surface area (Å²) in [5, 5.41) is 1.10. The maximum absolute atomic E-state index is 13.6. The van der Waals surface area contributed by atoms with E-state index in [1.54, 1.807) is 6.07 Å². The molecular weight excluding hydrogens is 374 g/mol. The third-order valence-electron chi connectivity index (χ3n) is 6.33. The van der Waals surface area contributed by atoms with Crippen molar-refractivity contribution in [2.24, 2.45) is 11.7 Å². The Labute approximate surface area is 177 Å². The molecule has 0 aliphatic carbocycles. The number of aromatic amines is 1. The molecule has 0 bridgehead atoms. The average molecular weight is 404 g/mol. The van der Waals surface area contributed by atoms with Gasteiger partial charge in [-0.25, -0.2) is 0 Å². The van der Waals surface area contributed by atoms with Crippen LogP contribution in [0, 0.1) is 5.92 Å². The number of hydrogen-bond donors (Lipinski definition) is 2. The molecule has 1 fully saturated rings. The maximum Gasteiger partial charge on any atom is 0.248 e. The summed E-state index contributed by atoms with van der Waals surface area (Å²) in [6, 6.07) is 15.6. The molecule has 30 heavy (non-hydrogen) atoms. The fourth-order valence-corrected chi connectivity index (χ4v) is 4.47. The Morgan fingerprint density at radius 3 is 2.67 bits per heavy atom. The molecule has 1 atom stereocenters. The summed E-state index contributed by atoms with van der Waals surface area (Å²) >= 11 is 0. The van der Waals surface area contributed by atoms with E-state index in [-0.39, 0.29) is 11.8 Å². The molecule has 3 aromatic rings. The van der Waals surface area contributed by atoms with Crippen LogP contribution in [0.15, 0.2) is 54.7 Å². The van der Waals surface area contributed by atoms with Crippen LogP contribution in [0.2, 0.25) is 0 Å². The number of nitrogens with one attached hydrogen (secondary N) is 1. The molecule has 156 valence electrons. The van der Waals surface area contributed by atoms with Gasteiger partial charge in [0.2, 0.25) is 11.8 Å². The van der Waals surface area contributed by atoms with E-state index in [1.807, 2.05) is 41.4 Å². The number of piperidine rings is 1. The lowest BCUT2D eigenvalue weighted by atomic mass is 9.87. The van der Waals surface area contributed by atoms with Crippen LogP contribution in [-0.2, 0) is 11.2 Å². The highest BCUT2D eigenvalue weighted by molar-refractivity contribution is 5.93. The molecule has 5 nitrogen and oxygen atoms in total. The number of likely N-dealkylation sites (tertiary alicyclic amines) is 1. The minimum absolute atomic E-state index is 0.210. The van der Waals surface area contributed by atoms with Crippen LogP contribution < -0.4 is 5.73 Å². The van der Waals surface area contributed by atoms with E-state index in [2.05, 4.69) is 24.0 Å². The van der Waals surface area contributed by atoms with Gasteiger partial charge in [-0.1, -0.05) is 31.2 Å². The Hall–Kier alpha value is -3.08. The van der Waals surface area contributed by atoms with Gasteiger partial charge in [-0.15, -0.1) is 0 Å². The van der Waals surface area contributed by atoms with Crippen molar-refractivity contribution < 1.29 is 9.59 Å². The van der Waals surface area contributed by atoms with Crippen LogP contribution in [-0.4, -0.2) is 34.8 Å². The number of H-pyrrole nitrogens is 1. The third-order valence-corrected chi connectivity index (χ3v) is 6.33.